The predicted molar refractivity (Wildman–Crippen MR) is 123 cm³/mol. The molecule has 2 aliphatic rings. The fraction of sp³-hybridized carbons (Fsp3) is 0.192. The van der Waals surface area contributed by atoms with Crippen LogP contribution in [0.4, 0.5) is 10.2 Å². The number of rotatable bonds is 0. The summed E-state index contributed by atoms with van der Waals surface area (Å²) in [6.07, 6.45) is 9.67. The summed E-state index contributed by atoms with van der Waals surface area (Å²) < 4.78 is 22.6. The molecule has 0 aliphatic carbocycles. The van der Waals surface area contributed by atoms with E-state index < -0.39 is 6.10 Å². The van der Waals surface area contributed by atoms with Crippen LogP contribution in [-0.4, -0.2) is 19.7 Å². The van der Waals surface area contributed by atoms with Gasteiger partial charge in [-0.3, -0.25) is 9.67 Å². The average molecular weight is 437 g/mol. The highest BCUT2D eigenvalue weighted by Crippen LogP contribution is 2.46. The number of aryl methyl sites for hydroxylation is 1. The monoisotopic (exact) mass is 437 g/mol. The summed E-state index contributed by atoms with van der Waals surface area (Å²) in [7, 11) is 0. The SMILES string of the molecule is C#Cc1nn2c3c1-c1cnc(N)c(c1)O[C@H](C)c1cc(F)ccc1-c1ncccc1C3CC2. The summed E-state index contributed by atoms with van der Waals surface area (Å²) in [5.74, 6) is 3.08. The van der Waals surface area contributed by atoms with Gasteiger partial charge in [0.05, 0.1) is 11.4 Å². The number of hydrogen-bond acceptors (Lipinski definition) is 5. The quantitative estimate of drug-likeness (QED) is 0.404. The molecule has 2 atom stereocenters. The van der Waals surface area contributed by atoms with Crippen LogP contribution in [0.3, 0.4) is 0 Å². The molecule has 0 radical (unpaired) electrons. The Hall–Kier alpha value is -4.18. The van der Waals surface area contributed by atoms with Crippen molar-refractivity contribution in [3.8, 4) is 40.5 Å². The van der Waals surface area contributed by atoms with Gasteiger partial charge in [-0.15, -0.1) is 6.42 Å². The molecule has 0 saturated carbocycles. The predicted octanol–water partition coefficient (Wildman–Crippen LogP) is 4.70. The second-order valence-corrected chi connectivity index (χ2v) is 8.36. The van der Waals surface area contributed by atoms with Crippen LogP contribution < -0.4 is 10.5 Å². The average Bonchev–Trinajstić information content (AvgIpc) is 3.39. The fourth-order valence-electron chi connectivity index (χ4n) is 5.03. The zero-order valence-electron chi connectivity index (χ0n) is 17.9. The Bertz CT molecular complexity index is 1470. The lowest BCUT2D eigenvalue weighted by Gasteiger charge is -2.23. The van der Waals surface area contributed by atoms with Crippen molar-refractivity contribution in [2.45, 2.75) is 31.9 Å². The molecule has 6 rings (SSSR count). The van der Waals surface area contributed by atoms with E-state index in [0.29, 0.717) is 17.0 Å². The number of halogens is 1. The topological polar surface area (TPSA) is 78.9 Å². The third-order valence-electron chi connectivity index (χ3n) is 6.48. The highest BCUT2D eigenvalue weighted by Gasteiger charge is 2.34. The first kappa shape index (κ1) is 19.5. The van der Waals surface area contributed by atoms with E-state index in [1.54, 1.807) is 18.5 Å². The molecule has 2 N–H and O–H groups in total. The van der Waals surface area contributed by atoms with Crippen molar-refractivity contribution in [2.75, 3.05) is 5.73 Å². The molecule has 0 saturated heterocycles. The molecule has 0 amide bonds. The molecule has 6 nitrogen and oxygen atoms in total. The van der Waals surface area contributed by atoms with Crippen LogP contribution in [0.25, 0.3) is 22.4 Å². The summed E-state index contributed by atoms with van der Waals surface area (Å²) in [6.45, 7) is 2.60. The third kappa shape index (κ3) is 2.91. The standard InChI is InChI=1S/C26H20FN5O/c1-3-21-23-15-11-22(26(28)30-13-15)33-14(2)20-12-16(27)6-7-18(20)24-17(5-4-9-29-24)19-8-10-32(31-21)25(19)23/h1,4-7,9,11-14,19H,8,10H2,2H3,(H2,28,30)/t14-,19?/m1/s1. The fourth-order valence-corrected chi connectivity index (χ4v) is 5.03. The van der Waals surface area contributed by atoms with Gasteiger partial charge in [0.2, 0.25) is 0 Å². The zero-order valence-corrected chi connectivity index (χ0v) is 17.9. The van der Waals surface area contributed by atoms with Crippen molar-refractivity contribution in [2.24, 2.45) is 0 Å². The Balaban J connectivity index is 1.72. The second kappa shape index (κ2) is 7.17. The maximum atomic E-state index is 14.3. The van der Waals surface area contributed by atoms with Crippen molar-refractivity contribution < 1.29 is 9.13 Å². The number of aromatic nitrogens is 4. The minimum absolute atomic E-state index is 0.0212. The number of nitrogens with zero attached hydrogens (tertiary/aromatic N) is 4. The number of ether oxygens (including phenoxy) is 1. The van der Waals surface area contributed by atoms with E-state index in [4.69, 9.17) is 27.0 Å². The third-order valence-corrected chi connectivity index (χ3v) is 6.48. The zero-order chi connectivity index (χ0) is 22.7. The van der Waals surface area contributed by atoms with E-state index in [-0.39, 0.29) is 17.6 Å². The first-order valence-electron chi connectivity index (χ1n) is 10.8. The number of terminal acetylenes is 1. The van der Waals surface area contributed by atoms with Gasteiger partial charge in [0.1, 0.15) is 17.6 Å². The van der Waals surface area contributed by atoms with Crippen LogP contribution in [-0.2, 0) is 6.54 Å². The van der Waals surface area contributed by atoms with Crippen LogP contribution in [0.2, 0.25) is 0 Å². The molecule has 3 aromatic heterocycles. The molecule has 4 aromatic rings. The van der Waals surface area contributed by atoms with Crippen molar-refractivity contribution in [1.29, 1.82) is 0 Å². The maximum absolute atomic E-state index is 14.3. The summed E-state index contributed by atoms with van der Waals surface area (Å²) in [5, 5.41) is 4.69. The van der Waals surface area contributed by atoms with Crippen LogP contribution in [0.1, 0.15) is 47.9 Å². The van der Waals surface area contributed by atoms with Gasteiger partial charge >= 0.3 is 0 Å². The number of benzene rings is 1. The number of fused-ring (bicyclic) bond motifs is 7. The summed E-state index contributed by atoms with van der Waals surface area (Å²) in [4.78, 5) is 9.11. The Morgan fingerprint density at radius 1 is 1.21 bits per heavy atom. The molecule has 7 heteroatoms. The molecule has 0 spiro atoms. The van der Waals surface area contributed by atoms with Gasteiger partial charge in [0, 0.05) is 47.1 Å². The number of pyridine rings is 2. The van der Waals surface area contributed by atoms with Crippen LogP contribution >= 0.6 is 0 Å². The molecule has 1 unspecified atom stereocenters. The van der Waals surface area contributed by atoms with Crippen LogP contribution in [0.5, 0.6) is 5.75 Å². The lowest BCUT2D eigenvalue weighted by atomic mass is 9.86. The van der Waals surface area contributed by atoms with Crippen molar-refractivity contribution in [1.82, 2.24) is 19.7 Å². The molecule has 0 fully saturated rings. The van der Waals surface area contributed by atoms with Crippen molar-refractivity contribution >= 4 is 5.82 Å². The lowest BCUT2D eigenvalue weighted by Crippen LogP contribution is -2.11. The number of nitrogen functional groups attached to an aromatic ring is 1. The molecule has 2 aliphatic heterocycles. The Morgan fingerprint density at radius 3 is 2.94 bits per heavy atom. The normalized spacial score (nSPS) is 18.1. The molecule has 1 aromatic carbocycles. The smallest absolute Gasteiger partial charge is 0.166 e. The van der Waals surface area contributed by atoms with E-state index in [2.05, 4.69) is 17.0 Å². The Labute approximate surface area is 190 Å². The summed E-state index contributed by atoms with van der Waals surface area (Å²) >= 11 is 0. The van der Waals surface area contributed by atoms with Crippen LogP contribution in [0.15, 0.2) is 48.8 Å². The van der Waals surface area contributed by atoms with E-state index in [1.807, 2.05) is 23.7 Å². The summed E-state index contributed by atoms with van der Waals surface area (Å²) in [6, 6.07) is 10.6. The van der Waals surface area contributed by atoms with Gasteiger partial charge < -0.3 is 10.5 Å². The van der Waals surface area contributed by atoms with Gasteiger partial charge in [0.25, 0.3) is 0 Å². The first-order chi connectivity index (χ1) is 16.0. The van der Waals surface area contributed by atoms with Gasteiger partial charge in [-0.2, -0.15) is 5.10 Å². The Morgan fingerprint density at radius 2 is 2.09 bits per heavy atom. The van der Waals surface area contributed by atoms with Gasteiger partial charge in [-0.25, -0.2) is 9.37 Å². The number of nitrogens with two attached hydrogens (primary N) is 1. The van der Waals surface area contributed by atoms with Gasteiger partial charge in [-0.1, -0.05) is 6.07 Å². The highest BCUT2D eigenvalue weighted by molar-refractivity contribution is 5.77. The lowest BCUT2D eigenvalue weighted by molar-refractivity contribution is 0.227. The van der Waals surface area contributed by atoms with Crippen molar-refractivity contribution in [3.05, 3.63) is 77.1 Å². The van der Waals surface area contributed by atoms with Crippen LogP contribution in [0, 0.1) is 18.2 Å². The number of hydrogen-bond donors (Lipinski definition) is 1. The molecular formula is C26H20FN5O. The Kier molecular flexibility index (Phi) is 4.24. The van der Waals surface area contributed by atoms with Gasteiger partial charge in [-0.05, 0) is 55.2 Å². The highest BCUT2D eigenvalue weighted by atomic mass is 19.1. The maximum Gasteiger partial charge on any atom is 0.166 e. The number of anilines is 1. The second-order valence-electron chi connectivity index (χ2n) is 8.36. The largest absolute Gasteiger partial charge is 0.482 e. The molecule has 2 bridgehead atoms. The molecular weight excluding hydrogens is 417 g/mol. The summed E-state index contributed by atoms with van der Waals surface area (Å²) in [5.41, 5.74) is 12.7. The van der Waals surface area contributed by atoms with E-state index in [0.717, 1.165) is 46.6 Å². The first-order valence-corrected chi connectivity index (χ1v) is 10.8. The molecule has 5 heterocycles. The minimum Gasteiger partial charge on any atom is -0.482 e. The van der Waals surface area contributed by atoms with E-state index >= 15 is 0 Å². The molecule has 162 valence electrons. The van der Waals surface area contributed by atoms with E-state index in [9.17, 15) is 4.39 Å². The minimum atomic E-state index is -0.498. The van der Waals surface area contributed by atoms with Gasteiger partial charge in [0.15, 0.2) is 11.6 Å². The van der Waals surface area contributed by atoms with Crippen molar-refractivity contribution in [3.63, 3.8) is 0 Å². The van der Waals surface area contributed by atoms with E-state index in [1.165, 1.54) is 12.1 Å². The molecule has 33 heavy (non-hydrogen) atoms.